The molecule has 0 saturated heterocycles. The summed E-state index contributed by atoms with van der Waals surface area (Å²) in [6, 6.07) is 5.58. The molecule has 0 unspecified atom stereocenters. The van der Waals surface area contributed by atoms with Crippen molar-refractivity contribution < 1.29 is 9.53 Å². The Labute approximate surface area is 115 Å². The van der Waals surface area contributed by atoms with Crippen LogP contribution in [0.1, 0.15) is 6.92 Å². The molecular weight excluding hydrogens is 262 g/mol. The molecule has 19 heavy (non-hydrogen) atoms. The predicted octanol–water partition coefficient (Wildman–Crippen LogP) is 2.19. The highest BCUT2D eigenvalue weighted by Gasteiger charge is 2.06. The Morgan fingerprint density at radius 1 is 1.26 bits per heavy atom. The second-order valence-electron chi connectivity index (χ2n) is 3.55. The molecule has 0 N–H and O–H groups in total. The van der Waals surface area contributed by atoms with Crippen LogP contribution in [0, 0.1) is 0 Å². The molecule has 0 radical (unpaired) electrons. The number of esters is 1. The zero-order valence-corrected chi connectivity index (χ0v) is 11.3. The Kier molecular flexibility index (Phi) is 4.85. The van der Waals surface area contributed by atoms with E-state index in [2.05, 4.69) is 15.0 Å². The van der Waals surface area contributed by atoms with Crippen LogP contribution < -0.4 is 0 Å². The van der Waals surface area contributed by atoms with Crippen LogP contribution in [0.4, 0.5) is 0 Å². The van der Waals surface area contributed by atoms with Gasteiger partial charge in [-0.3, -0.25) is 9.78 Å². The third kappa shape index (κ3) is 4.03. The van der Waals surface area contributed by atoms with Crippen LogP contribution in [0.3, 0.4) is 0 Å². The molecule has 0 aliphatic rings. The number of carbonyl (C=O) groups is 1. The average molecular weight is 275 g/mol. The number of pyridine rings is 1. The third-order valence-electron chi connectivity index (χ3n) is 2.23. The first-order chi connectivity index (χ1) is 9.29. The first-order valence-electron chi connectivity index (χ1n) is 5.81. The second-order valence-corrected chi connectivity index (χ2v) is 4.50. The van der Waals surface area contributed by atoms with E-state index in [4.69, 9.17) is 4.74 Å². The number of carbonyl (C=O) groups excluding carboxylic acids is 1. The van der Waals surface area contributed by atoms with Gasteiger partial charge >= 0.3 is 5.97 Å². The Morgan fingerprint density at radius 2 is 2.05 bits per heavy atom. The van der Waals surface area contributed by atoms with Crippen LogP contribution in [-0.4, -0.2) is 33.3 Å². The van der Waals surface area contributed by atoms with E-state index >= 15 is 0 Å². The van der Waals surface area contributed by atoms with E-state index in [9.17, 15) is 4.79 Å². The van der Waals surface area contributed by atoms with E-state index in [-0.39, 0.29) is 11.7 Å². The van der Waals surface area contributed by atoms with Crippen LogP contribution in [0.25, 0.3) is 11.3 Å². The van der Waals surface area contributed by atoms with Crippen molar-refractivity contribution in [1.29, 1.82) is 0 Å². The Balaban J connectivity index is 2.06. The third-order valence-corrected chi connectivity index (χ3v) is 3.07. The fourth-order valence-electron chi connectivity index (χ4n) is 1.42. The number of nitrogens with zero attached hydrogens (tertiary/aromatic N) is 3. The predicted molar refractivity (Wildman–Crippen MR) is 72.6 cm³/mol. The van der Waals surface area contributed by atoms with Crippen LogP contribution in [-0.2, 0) is 9.53 Å². The molecule has 2 heterocycles. The summed E-state index contributed by atoms with van der Waals surface area (Å²) in [5.74, 6) is -0.0430. The highest BCUT2D eigenvalue weighted by atomic mass is 32.2. The van der Waals surface area contributed by atoms with Crippen molar-refractivity contribution in [3.8, 4) is 11.3 Å². The summed E-state index contributed by atoms with van der Waals surface area (Å²) < 4.78 is 4.85. The second kappa shape index (κ2) is 6.84. The molecule has 0 saturated carbocycles. The number of hydrogen-bond acceptors (Lipinski definition) is 6. The molecule has 0 fully saturated rings. The maximum absolute atomic E-state index is 11.3. The van der Waals surface area contributed by atoms with Crippen molar-refractivity contribution in [2.24, 2.45) is 0 Å². The Hall–Kier alpha value is -1.95. The summed E-state index contributed by atoms with van der Waals surface area (Å²) in [6.45, 7) is 2.17. The van der Waals surface area contributed by atoms with Gasteiger partial charge in [-0.05, 0) is 25.1 Å². The molecule has 2 aromatic rings. The lowest BCUT2D eigenvalue weighted by molar-refractivity contribution is -0.139. The molecule has 0 spiro atoms. The monoisotopic (exact) mass is 275 g/mol. The highest BCUT2D eigenvalue weighted by molar-refractivity contribution is 7.99. The number of ether oxygens (including phenoxy) is 1. The molecule has 0 atom stereocenters. The molecule has 0 bridgehead atoms. The van der Waals surface area contributed by atoms with Crippen molar-refractivity contribution in [2.75, 3.05) is 12.4 Å². The van der Waals surface area contributed by atoms with Gasteiger partial charge in [0.25, 0.3) is 0 Å². The fourth-order valence-corrected chi connectivity index (χ4v) is 2.05. The minimum atomic E-state index is -0.259. The smallest absolute Gasteiger partial charge is 0.316 e. The van der Waals surface area contributed by atoms with Gasteiger partial charge in [-0.15, -0.1) is 0 Å². The summed E-state index contributed by atoms with van der Waals surface area (Å²) >= 11 is 1.26. The SMILES string of the molecule is CCOC(=O)CSc1nccc(-c2ccncc2)n1. The summed E-state index contributed by atoms with van der Waals surface area (Å²) in [6.07, 6.45) is 5.10. The molecule has 6 heteroatoms. The molecule has 0 amide bonds. The van der Waals surface area contributed by atoms with E-state index in [0.29, 0.717) is 11.8 Å². The summed E-state index contributed by atoms with van der Waals surface area (Å²) in [5.41, 5.74) is 1.78. The topological polar surface area (TPSA) is 65.0 Å². The number of aromatic nitrogens is 3. The van der Waals surface area contributed by atoms with Crippen molar-refractivity contribution in [2.45, 2.75) is 12.1 Å². The fraction of sp³-hybridized carbons (Fsp3) is 0.231. The van der Waals surface area contributed by atoms with E-state index < -0.39 is 0 Å². The lowest BCUT2D eigenvalue weighted by atomic mass is 10.2. The molecule has 2 aromatic heterocycles. The first kappa shape index (κ1) is 13.5. The van der Waals surface area contributed by atoms with Crippen molar-refractivity contribution >= 4 is 17.7 Å². The lowest BCUT2D eigenvalue weighted by Crippen LogP contribution is -2.07. The van der Waals surface area contributed by atoms with Crippen LogP contribution >= 0.6 is 11.8 Å². The molecule has 0 aliphatic heterocycles. The van der Waals surface area contributed by atoms with Gasteiger partial charge in [-0.2, -0.15) is 0 Å². The maximum Gasteiger partial charge on any atom is 0.316 e. The molecule has 98 valence electrons. The van der Waals surface area contributed by atoms with Crippen LogP contribution in [0.5, 0.6) is 0 Å². The highest BCUT2D eigenvalue weighted by Crippen LogP contribution is 2.19. The van der Waals surface area contributed by atoms with Crippen LogP contribution in [0.15, 0.2) is 41.9 Å². The standard InChI is InChI=1S/C13H13N3O2S/c1-2-18-12(17)9-19-13-15-8-5-11(16-13)10-3-6-14-7-4-10/h3-8H,2,9H2,1H3. The molecule has 5 nitrogen and oxygen atoms in total. The first-order valence-corrected chi connectivity index (χ1v) is 6.80. The molecule has 0 aliphatic carbocycles. The minimum Gasteiger partial charge on any atom is -0.465 e. The normalized spacial score (nSPS) is 10.2. The van der Waals surface area contributed by atoms with Gasteiger partial charge in [0.15, 0.2) is 5.16 Å². The van der Waals surface area contributed by atoms with Gasteiger partial charge in [-0.1, -0.05) is 11.8 Å². The van der Waals surface area contributed by atoms with E-state index in [1.807, 2.05) is 18.2 Å². The van der Waals surface area contributed by atoms with Crippen molar-refractivity contribution in [3.63, 3.8) is 0 Å². The van der Waals surface area contributed by atoms with Gasteiger partial charge in [-0.25, -0.2) is 9.97 Å². The summed E-state index contributed by atoms with van der Waals surface area (Å²) in [5, 5.41) is 0.558. The summed E-state index contributed by atoms with van der Waals surface area (Å²) in [4.78, 5) is 23.7. The van der Waals surface area contributed by atoms with Crippen LogP contribution in [0.2, 0.25) is 0 Å². The van der Waals surface area contributed by atoms with Gasteiger partial charge in [0, 0.05) is 24.2 Å². The lowest BCUT2D eigenvalue weighted by Gasteiger charge is -2.03. The molecule has 2 rings (SSSR count). The average Bonchev–Trinajstić information content (AvgIpc) is 2.47. The van der Waals surface area contributed by atoms with E-state index in [1.165, 1.54) is 11.8 Å². The largest absolute Gasteiger partial charge is 0.465 e. The number of thioether (sulfide) groups is 1. The quantitative estimate of drug-likeness (QED) is 0.473. The Bertz CT molecular complexity index is 549. The zero-order chi connectivity index (χ0) is 13.5. The van der Waals surface area contributed by atoms with Crippen molar-refractivity contribution in [3.05, 3.63) is 36.8 Å². The van der Waals surface area contributed by atoms with Gasteiger partial charge in [0.05, 0.1) is 18.1 Å². The molecular formula is C13H13N3O2S. The van der Waals surface area contributed by atoms with E-state index in [0.717, 1.165) is 11.3 Å². The Morgan fingerprint density at radius 3 is 2.79 bits per heavy atom. The van der Waals surface area contributed by atoms with Crippen molar-refractivity contribution in [1.82, 2.24) is 15.0 Å². The zero-order valence-electron chi connectivity index (χ0n) is 10.4. The van der Waals surface area contributed by atoms with Gasteiger partial charge < -0.3 is 4.74 Å². The summed E-state index contributed by atoms with van der Waals surface area (Å²) in [7, 11) is 0. The van der Waals surface area contributed by atoms with Gasteiger partial charge in [0.2, 0.25) is 0 Å². The maximum atomic E-state index is 11.3. The minimum absolute atomic E-state index is 0.216. The van der Waals surface area contributed by atoms with E-state index in [1.54, 1.807) is 25.5 Å². The van der Waals surface area contributed by atoms with Gasteiger partial charge in [0.1, 0.15) is 0 Å². The number of rotatable bonds is 5. The number of hydrogen-bond donors (Lipinski definition) is 0. The molecule has 0 aromatic carbocycles.